The number of nitrogens with zero attached hydrogens (tertiary/aromatic N) is 3. The second-order valence-corrected chi connectivity index (χ2v) is 3.90. The number of hydrazone groups is 1. The Morgan fingerprint density at radius 1 is 1.50 bits per heavy atom. The molecule has 1 aliphatic heterocycles. The van der Waals surface area contributed by atoms with Crippen molar-refractivity contribution >= 4 is 23.8 Å². The molecule has 2 rings (SSSR count). The van der Waals surface area contributed by atoms with Crippen molar-refractivity contribution in [3.63, 3.8) is 0 Å². The molecule has 1 heterocycles. The number of anilines is 2. The van der Waals surface area contributed by atoms with Gasteiger partial charge in [-0.15, -0.1) is 0 Å². The van der Waals surface area contributed by atoms with E-state index in [9.17, 15) is 9.18 Å². The van der Waals surface area contributed by atoms with E-state index in [2.05, 4.69) is 10.4 Å². The van der Waals surface area contributed by atoms with Gasteiger partial charge in [0.1, 0.15) is 12.2 Å². The summed E-state index contributed by atoms with van der Waals surface area (Å²) in [5.41, 5.74) is 0.581. The fourth-order valence-electron chi connectivity index (χ4n) is 1.64. The molecule has 0 saturated carbocycles. The van der Waals surface area contributed by atoms with Gasteiger partial charge < -0.3 is 10.0 Å². The highest BCUT2D eigenvalue weighted by Gasteiger charge is 2.14. The van der Waals surface area contributed by atoms with Crippen LogP contribution in [0.15, 0.2) is 23.3 Å². The Kier molecular flexibility index (Phi) is 3.31. The van der Waals surface area contributed by atoms with Crippen LogP contribution < -0.4 is 10.2 Å². The van der Waals surface area contributed by atoms with Gasteiger partial charge in [-0.25, -0.2) is 9.18 Å². The summed E-state index contributed by atoms with van der Waals surface area (Å²) in [7, 11) is 1.84. The number of nitrogens with one attached hydrogen (secondary N) is 1. The summed E-state index contributed by atoms with van der Waals surface area (Å²) in [5.74, 6) is -0.489. The molecule has 18 heavy (non-hydrogen) atoms. The fraction of sp³-hybridized carbons (Fsp3) is 0.273. The molecule has 96 valence electrons. The van der Waals surface area contributed by atoms with Crippen molar-refractivity contribution in [1.29, 1.82) is 0 Å². The lowest BCUT2D eigenvalue weighted by Crippen LogP contribution is -2.36. The van der Waals surface area contributed by atoms with E-state index in [0.717, 1.165) is 6.07 Å². The third-order valence-corrected chi connectivity index (χ3v) is 2.56. The molecular formula is C11H13FN4O2. The number of hydrogen-bond acceptors (Lipinski definition) is 4. The number of carbonyl (C=O) groups is 1. The van der Waals surface area contributed by atoms with Gasteiger partial charge >= 0.3 is 6.09 Å². The monoisotopic (exact) mass is 252 g/mol. The van der Waals surface area contributed by atoms with Gasteiger partial charge in [0.2, 0.25) is 0 Å². The first-order chi connectivity index (χ1) is 8.56. The van der Waals surface area contributed by atoms with Gasteiger partial charge in [0, 0.05) is 19.3 Å². The molecule has 0 bridgehead atoms. The molecule has 2 N–H and O–H groups in total. The molecule has 0 saturated heterocycles. The van der Waals surface area contributed by atoms with Gasteiger partial charge in [-0.05, 0) is 18.2 Å². The molecule has 6 nitrogen and oxygen atoms in total. The predicted octanol–water partition coefficient (Wildman–Crippen LogP) is 1.61. The highest BCUT2D eigenvalue weighted by molar-refractivity contribution is 5.85. The Hall–Kier alpha value is -2.31. The van der Waals surface area contributed by atoms with Crippen LogP contribution in [0.5, 0.6) is 0 Å². The third kappa shape index (κ3) is 2.68. The normalized spacial score (nSPS) is 14.8. The van der Waals surface area contributed by atoms with E-state index in [1.165, 1.54) is 12.1 Å². The van der Waals surface area contributed by atoms with Crippen molar-refractivity contribution < 1.29 is 14.3 Å². The summed E-state index contributed by atoms with van der Waals surface area (Å²) in [6.07, 6.45) is 0.329. The highest BCUT2D eigenvalue weighted by atomic mass is 19.1. The number of halogens is 1. The van der Waals surface area contributed by atoms with Crippen LogP contribution in [-0.2, 0) is 0 Å². The molecule has 0 atom stereocenters. The molecular weight excluding hydrogens is 239 g/mol. The first kappa shape index (κ1) is 12.2. The minimum absolute atomic E-state index is 0.204. The van der Waals surface area contributed by atoms with E-state index in [1.54, 1.807) is 16.2 Å². The quantitative estimate of drug-likeness (QED) is 0.839. The standard InChI is InChI=1S/C11H13FN4O2/c1-15-4-5-16(7-13-15)10-3-2-8(6-9(10)12)14-11(17)18/h2-3,6-7,14H,4-5H2,1H3,(H,17,18). The summed E-state index contributed by atoms with van der Waals surface area (Å²) >= 11 is 0. The molecule has 1 aromatic carbocycles. The Morgan fingerprint density at radius 2 is 2.28 bits per heavy atom. The first-order valence-electron chi connectivity index (χ1n) is 5.37. The van der Waals surface area contributed by atoms with Gasteiger partial charge in [-0.1, -0.05) is 0 Å². The zero-order valence-electron chi connectivity index (χ0n) is 9.80. The maximum Gasteiger partial charge on any atom is 0.409 e. The minimum atomic E-state index is -1.22. The van der Waals surface area contributed by atoms with Gasteiger partial charge in [0.05, 0.1) is 12.2 Å². The highest BCUT2D eigenvalue weighted by Crippen LogP contribution is 2.22. The van der Waals surface area contributed by atoms with E-state index in [-0.39, 0.29) is 5.69 Å². The summed E-state index contributed by atoms with van der Waals surface area (Å²) in [6.45, 7) is 1.33. The van der Waals surface area contributed by atoms with Crippen LogP contribution >= 0.6 is 0 Å². The average molecular weight is 252 g/mol. The zero-order valence-corrected chi connectivity index (χ0v) is 9.80. The van der Waals surface area contributed by atoms with E-state index < -0.39 is 11.9 Å². The van der Waals surface area contributed by atoms with Crippen LogP contribution in [0.2, 0.25) is 0 Å². The smallest absolute Gasteiger partial charge is 0.409 e. The molecule has 0 unspecified atom stereocenters. The summed E-state index contributed by atoms with van der Waals surface area (Å²) in [5, 5.41) is 16.4. The molecule has 0 aromatic heterocycles. The van der Waals surface area contributed by atoms with Gasteiger partial charge in [-0.2, -0.15) is 5.10 Å². The van der Waals surface area contributed by atoms with Crippen molar-refractivity contribution in [2.24, 2.45) is 5.10 Å². The number of hydrogen-bond donors (Lipinski definition) is 2. The Balaban J connectivity index is 2.19. The van der Waals surface area contributed by atoms with E-state index in [1.807, 2.05) is 7.05 Å². The van der Waals surface area contributed by atoms with Gasteiger partial charge in [-0.3, -0.25) is 10.3 Å². The maximum atomic E-state index is 13.8. The van der Waals surface area contributed by atoms with Crippen molar-refractivity contribution in [3.05, 3.63) is 24.0 Å². The summed E-state index contributed by atoms with van der Waals surface area (Å²) in [6, 6.07) is 4.19. The molecule has 1 aliphatic rings. The van der Waals surface area contributed by atoms with E-state index in [4.69, 9.17) is 5.11 Å². The molecule has 0 fully saturated rings. The van der Waals surface area contributed by atoms with Gasteiger partial charge in [0.25, 0.3) is 0 Å². The maximum absolute atomic E-state index is 13.8. The number of benzene rings is 1. The van der Waals surface area contributed by atoms with Crippen LogP contribution in [-0.4, -0.2) is 42.7 Å². The Morgan fingerprint density at radius 3 is 2.83 bits per heavy atom. The van der Waals surface area contributed by atoms with Crippen LogP contribution in [0, 0.1) is 5.82 Å². The van der Waals surface area contributed by atoms with Crippen molar-refractivity contribution in [1.82, 2.24) is 5.01 Å². The largest absolute Gasteiger partial charge is 0.465 e. The van der Waals surface area contributed by atoms with Crippen LogP contribution in [0.3, 0.4) is 0 Å². The van der Waals surface area contributed by atoms with Crippen molar-refractivity contribution in [3.8, 4) is 0 Å². The number of likely N-dealkylation sites (N-methyl/N-ethyl adjacent to an activating group) is 1. The number of rotatable bonds is 2. The van der Waals surface area contributed by atoms with Crippen molar-refractivity contribution in [2.45, 2.75) is 0 Å². The lowest BCUT2D eigenvalue weighted by molar-refractivity contribution is 0.209. The lowest BCUT2D eigenvalue weighted by Gasteiger charge is -2.27. The van der Waals surface area contributed by atoms with Crippen molar-refractivity contribution in [2.75, 3.05) is 30.4 Å². The minimum Gasteiger partial charge on any atom is -0.465 e. The summed E-state index contributed by atoms with van der Waals surface area (Å²) < 4.78 is 13.8. The predicted molar refractivity (Wildman–Crippen MR) is 66.5 cm³/mol. The topological polar surface area (TPSA) is 68.2 Å². The second kappa shape index (κ2) is 4.91. The third-order valence-electron chi connectivity index (χ3n) is 2.56. The first-order valence-corrected chi connectivity index (χ1v) is 5.37. The Labute approximate surface area is 103 Å². The molecule has 0 aliphatic carbocycles. The summed E-state index contributed by atoms with van der Waals surface area (Å²) in [4.78, 5) is 12.1. The number of amides is 1. The number of carboxylic acid groups (broad SMARTS) is 1. The van der Waals surface area contributed by atoms with E-state index in [0.29, 0.717) is 18.8 Å². The molecule has 0 radical (unpaired) electrons. The van der Waals surface area contributed by atoms with Crippen LogP contribution in [0.25, 0.3) is 0 Å². The van der Waals surface area contributed by atoms with Gasteiger partial charge in [0.15, 0.2) is 0 Å². The Bertz CT molecular complexity index is 492. The SMILES string of the molecule is CN1CCN(c2ccc(NC(=O)O)cc2F)C=N1. The molecule has 7 heteroatoms. The van der Waals surface area contributed by atoms with Crippen LogP contribution in [0.4, 0.5) is 20.6 Å². The zero-order chi connectivity index (χ0) is 13.1. The fourth-order valence-corrected chi connectivity index (χ4v) is 1.64. The lowest BCUT2D eigenvalue weighted by atomic mass is 10.2. The van der Waals surface area contributed by atoms with E-state index >= 15 is 0 Å². The molecule has 1 amide bonds. The average Bonchev–Trinajstić information content (AvgIpc) is 2.30. The second-order valence-electron chi connectivity index (χ2n) is 3.90. The van der Waals surface area contributed by atoms with Crippen LogP contribution in [0.1, 0.15) is 0 Å². The molecule has 1 aromatic rings. The molecule has 0 spiro atoms.